The molecule has 2 amide bonds. The average molecular weight is 351 g/mol. The molecule has 0 aliphatic heterocycles. The molecular weight excluding hydrogens is 324 g/mol. The molecule has 1 fully saturated rings. The van der Waals surface area contributed by atoms with Gasteiger partial charge in [0, 0.05) is 16.8 Å². The molecule has 0 radical (unpaired) electrons. The third-order valence-corrected chi connectivity index (χ3v) is 5.64. The van der Waals surface area contributed by atoms with Crippen LogP contribution < -0.4 is 10.6 Å². The Morgan fingerprint density at radius 3 is 2.21 bits per heavy atom. The number of hydrogen-bond acceptors (Lipinski definition) is 2. The van der Waals surface area contributed by atoms with Crippen molar-refractivity contribution in [1.82, 2.24) is 5.32 Å². The monoisotopic (exact) mass is 350 g/mol. The van der Waals surface area contributed by atoms with Crippen LogP contribution in [0.1, 0.15) is 52.9 Å². The van der Waals surface area contributed by atoms with Crippen molar-refractivity contribution >= 4 is 29.1 Å². The number of hydrogen-bond donors (Lipinski definition) is 2. The Kier molecular flexibility index (Phi) is 6.27. The minimum absolute atomic E-state index is 0.0948. The quantitative estimate of drug-likeness (QED) is 0.791. The van der Waals surface area contributed by atoms with Crippen LogP contribution in [0.5, 0.6) is 0 Å². The molecule has 5 heteroatoms. The fraction of sp³-hybridized carbons (Fsp3) is 0.579. The summed E-state index contributed by atoms with van der Waals surface area (Å²) in [6.07, 6.45) is 5.25. The Bertz CT molecular complexity index is 576. The zero-order valence-corrected chi connectivity index (χ0v) is 15.5. The largest absolute Gasteiger partial charge is 0.345 e. The first-order valence-corrected chi connectivity index (χ1v) is 9.07. The van der Waals surface area contributed by atoms with Crippen molar-refractivity contribution in [3.05, 3.63) is 29.3 Å². The molecule has 132 valence electrons. The third-order valence-electron chi connectivity index (χ3n) is 5.39. The standard InChI is InChI=1S/C19H27ClN2O2/c1-4-19(2,3)13-5-9-15(10-6-13)21-17(23)18(24)22-16-11-7-14(20)8-12-16/h7-8,11-13,15H,4-6,9-10H2,1-3H3,(H,21,23)(H,22,24). The normalized spacial score (nSPS) is 21.2. The van der Waals surface area contributed by atoms with Gasteiger partial charge in [-0.3, -0.25) is 9.59 Å². The lowest BCUT2D eigenvalue weighted by molar-refractivity contribution is -0.136. The number of halogens is 1. The molecule has 0 aromatic heterocycles. The minimum Gasteiger partial charge on any atom is -0.345 e. The highest BCUT2D eigenvalue weighted by molar-refractivity contribution is 6.39. The fourth-order valence-corrected chi connectivity index (χ4v) is 3.41. The van der Waals surface area contributed by atoms with Crippen LogP contribution in [0.25, 0.3) is 0 Å². The van der Waals surface area contributed by atoms with Crippen LogP contribution in [-0.4, -0.2) is 17.9 Å². The number of nitrogens with one attached hydrogen (secondary N) is 2. The number of carbonyl (C=O) groups is 2. The molecule has 0 bridgehead atoms. The SMILES string of the molecule is CCC(C)(C)C1CCC(NC(=O)C(=O)Nc2ccc(Cl)cc2)CC1. The highest BCUT2D eigenvalue weighted by atomic mass is 35.5. The third kappa shape index (κ3) is 4.97. The van der Waals surface area contributed by atoms with Crippen LogP contribution in [-0.2, 0) is 9.59 Å². The topological polar surface area (TPSA) is 58.2 Å². The van der Waals surface area contributed by atoms with Crippen LogP contribution in [0.4, 0.5) is 5.69 Å². The van der Waals surface area contributed by atoms with E-state index in [1.165, 1.54) is 0 Å². The smallest absolute Gasteiger partial charge is 0.313 e. The lowest BCUT2D eigenvalue weighted by Gasteiger charge is -2.39. The second-order valence-corrected chi connectivity index (χ2v) is 7.76. The van der Waals surface area contributed by atoms with E-state index in [4.69, 9.17) is 11.6 Å². The Hall–Kier alpha value is -1.55. The van der Waals surface area contributed by atoms with Gasteiger partial charge in [0.25, 0.3) is 0 Å². The zero-order chi connectivity index (χ0) is 17.7. The summed E-state index contributed by atoms with van der Waals surface area (Å²) in [6, 6.07) is 6.78. The van der Waals surface area contributed by atoms with E-state index in [0.717, 1.165) is 32.1 Å². The number of rotatable bonds is 4. The van der Waals surface area contributed by atoms with Gasteiger partial charge in [-0.15, -0.1) is 0 Å². The molecule has 1 saturated carbocycles. The van der Waals surface area contributed by atoms with E-state index in [-0.39, 0.29) is 6.04 Å². The second kappa shape index (κ2) is 8.02. The van der Waals surface area contributed by atoms with Gasteiger partial charge in [0.1, 0.15) is 0 Å². The molecule has 1 aromatic rings. The molecule has 4 nitrogen and oxygen atoms in total. The van der Waals surface area contributed by atoms with E-state index >= 15 is 0 Å². The molecule has 0 unspecified atom stereocenters. The first-order valence-electron chi connectivity index (χ1n) is 8.69. The summed E-state index contributed by atoms with van der Waals surface area (Å²) in [5, 5.41) is 6.04. The van der Waals surface area contributed by atoms with Crippen molar-refractivity contribution in [2.75, 3.05) is 5.32 Å². The predicted octanol–water partition coefficient (Wildman–Crippen LogP) is 4.39. The Morgan fingerprint density at radius 2 is 1.67 bits per heavy atom. The van der Waals surface area contributed by atoms with Crippen molar-refractivity contribution < 1.29 is 9.59 Å². The lowest BCUT2D eigenvalue weighted by atomic mass is 9.69. The maximum atomic E-state index is 12.1. The van der Waals surface area contributed by atoms with Gasteiger partial charge in [0.05, 0.1) is 0 Å². The Balaban J connectivity index is 1.80. The van der Waals surface area contributed by atoms with Gasteiger partial charge in [0.2, 0.25) is 0 Å². The summed E-state index contributed by atoms with van der Waals surface area (Å²) in [4.78, 5) is 24.1. The van der Waals surface area contributed by atoms with Gasteiger partial charge in [-0.05, 0) is 61.3 Å². The van der Waals surface area contributed by atoms with Crippen LogP contribution in [0.2, 0.25) is 5.02 Å². The summed E-state index contributed by atoms with van der Waals surface area (Å²) in [5.41, 5.74) is 0.911. The van der Waals surface area contributed by atoms with E-state index in [2.05, 4.69) is 31.4 Å². The summed E-state index contributed by atoms with van der Waals surface area (Å²) in [5.74, 6) is -0.505. The number of carbonyl (C=O) groups excluding carboxylic acids is 2. The van der Waals surface area contributed by atoms with Gasteiger partial charge in [0.15, 0.2) is 0 Å². The molecule has 0 atom stereocenters. The van der Waals surface area contributed by atoms with Crippen molar-refractivity contribution in [2.24, 2.45) is 11.3 Å². The van der Waals surface area contributed by atoms with Gasteiger partial charge in [-0.2, -0.15) is 0 Å². The number of amides is 2. The van der Waals surface area contributed by atoms with Crippen molar-refractivity contribution in [3.8, 4) is 0 Å². The molecule has 24 heavy (non-hydrogen) atoms. The maximum absolute atomic E-state index is 12.1. The molecule has 1 aromatic carbocycles. The Morgan fingerprint density at radius 1 is 1.08 bits per heavy atom. The van der Waals surface area contributed by atoms with E-state index in [9.17, 15) is 9.59 Å². The van der Waals surface area contributed by atoms with E-state index < -0.39 is 11.8 Å². The molecular formula is C19H27ClN2O2. The lowest BCUT2D eigenvalue weighted by Crippen LogP contribution is -2.44. The maximum Gasteiger partial charge on any atom is 0.313 e. The van der Waals surface area contributed by atoms with E-state index in [0.29, 0.717) is 22.0 Å². The van der Waals surface area contributed by atoms with Gasteiger partial charge in [-0.25, -0.2) is 0 Å². The van der Waals surface area contributed by atoms with E-state index in [1.807, 2.05) is 0 Å². The van der Waals surface area contributed by atoms with Crippen molar-refractivity contribution in [3.63, 3.8) is 0 Å². The van der Waals surface area contributed by atoms with Gasteiger partial charge in [-0.1, -0.05) is 38.8 Å². The predicted molar refractivity (Wildman–Crippen MR) is 98.0 cm³/mol. The van der Waals surface area contributed by atoms with Crippen LogP contribution in [0.15, 0.2) is 24.3 Å². The number of anilines is 1. The average Bonchev–Trinajstić information content (AvgIpc) is 2.57. The van der Waals surface area contributed by atoms with Crippen LogP contribution in [0.3, 0.4) is 0 Å². The minimum atomic E-state index is -0.631. The summed E-state index contributed by atoms with van der Waals surface area (Å²) in [6.45, 7) is 6.86. The highest BCUT2D eigenvalue weighted by Gasteiger charge is 2.32. The summed E-state index contributed by atoms with van der Waals surface area (Å²) >= 11 is 5.80. The van der Waals surface area contributed by atoms with Crippen LogP contribution in [0, 0.1) is 11.3 Å². The van der Waals surface area contributed by atoms with Crippen molar-refractivity contribution in [2.45, 2.75) is 58.9 Å². The second-order valence-electron chi connectivity index (χ2n) is 7.33. The molecule has 0 spiro atoms. The van der Waals surface area contributed by atoms with Crippen LogP contribution >= 0.6 is 11.6 Å². The molecule has 0 heterocycles. The number of benzene rings is 1. The summed E-state index contributed by atoms with van der Waals surface area (Å²) < 4.78 is 0. The molecule has 1 aliphatic carbocycles. The van der Waals surface area contributed by atoms with E-state index in [1.54, 1.807) is 24.3 Å². The molecule has 1 aliphatic rings. The van der Waals surface area contributed by atoms with Gasteiger partial charge >= 0.3 is 11.8 Å². The highest BCUT2D eigenvalue weighted by Crippen LogP contribution is 2.40. The first-order chi connectivity index (χ1) is 11.3. The summed E-state index contributed by atoms with van der Waals surface area (Å²) in [7, 11) is 0. The molecule has 2 N–H and O–H groups in total. The Labute approximate surface area is 149 Å². The van der Waals surface area contributed by atoms with Crippen molar-refractivity contribution in [1.29, 1.82) is 0 Å². The van der Waals surface area contributed by atoms with Gasteiger partial charge < -0.3 is 10.6 Å². The first kappa shape index (κ1) is 18.8. The molecule has 2 rings (SSSR count). The fourth-order valence-electron chi connectivity index (χ4n) is 3.28. The zero-order valence-electron chi connectivity index (χ0n) is 14.7. The molecule has 0 saturated heterocycles.